The summed E-state index contributed by atoms with van der Waals surface area (Å²) in [6.07, 6.45) is 1.39. The highest BCUT2D eigenvalue weighted by Gasteiger charge is 2.16. The third-order valence-electron chi connectivity index (χ3n) is 3.37. The van der Waals surface area contributed by atoms with Crippen molar-refractivity contribution in [2.24, 2.45) is 0 Å². The van der Waals surface area contributed by atoms with Crippen molar-refractivity contribution in [3.05, 3.63) is 92.1 Å². The first-order valence-corrected chi connectivity index (χ1v) is 7.77. The van der Waals surface area contributed by atoms with Crippen LogP contribution >= 0.6 is 23.2 Å². The molecule has 2 aromatic carbocycles. The fraction of sp³-hybridized carbons (Fsp3) is 0. The van der Waals surface area contributed by atoms with Crippen LogP contribution in [0.4, 0.5) is 0 Å². The maximum absolute atomic E-state index is 11.3. The van der Waals surface area contributed by atoms with Gasteiger partial charge in [-0.25, -0.2) is 0 Å². The smallest absolute Gasteiger partial charge is 0.280 e. The minimum atomic E-state index is -0.438. The predicted octanol–water partition coefficient (Wildman–Crippen LogP) is 6.03. The second-order valence-electron chi connectivity index (χ2n) is 4.98. The van der Waals surface area contributed by atoms with Crippen LogP contribution in [0.5, 0.6) is 0 Å². The lowest BCUT2D eigenvalue weighted by molar-refractivity contribution is -0.374. The topological polar surface area (TPSA) is 56.3 Å². The Bertz CT molecular complexity index is 917. The Balaban J connectivity index is 1.99. The van der Waals surface area contributed by atoms with E-state index < -0.39 is 4.92 Å². The van der Waals surface area contributed by atoms with E-state index in [0.29, 0.717) is 32.7 Å². The maximum atomic E-state index is 11.3. The van der Waals surface area contributed by atoms with E-state index in [2.05, 4.69) is 0 Å². The van der Waals surface area contributed by atoms with Gasteiger partial charge in [-0.3, -0.25) is 10.1 Å². The van der Waals surface area contributed by atoms with Crippen molar-refractivity contribution in [1.29, 1.82) is 0 Å². The fourth-order valence-electron chi connectivity index (χ4n) is 2.25. The molecule has 0 N–H and O–H groups in total. The van der Waals surface area contributed by atoms with Gasteiger partial charge in [0.25, 0.3) is 5.70 Å². The largest absolute Gasteiger partial charge is 0.456 e. The molecule has 0 aliphatic rings. The molecule has 0 amide bonds. The molecule has 0 atom stereocenters. The van der Waals surface area contributed by atoms with E-state index in [4.69, 9.17) is 27.6 Å². The van der Waals surface area contributed by atoms with Gasteiger partial charge in [-0.2, -0.15) is 0 Å². The van der Waals surface area contributed by atoms with Crippen LogP contribution in [0.15, 0.2) is 65.1 Å². The van der Waals surface area contributed by atoms with Gasteiger partial charge in [-0.15, -0.1) is 0 Å². The highest BCUT2D eigenvalue weighted by atomic mass is 35.5. The maximum Gasteiger partial charge on any atom is 0.280 e. The quantitative estimate of drug-likeness (QED) is 0.422. The van der Waals surface area contributed by atoms with Crippen LogP contribution < -0.4 is 0 Å². The van der Waals surface area contributed by atoms with Gasteiger partial charge in [0.05, 0.1) is 21.6 Å². The van der Waals surface area contributed by atoms with Crippen LogP contribution in [0, 0.1) is 10.1 Å². The molecule has 3 rings (SSSR count). The van der Waals surface area contributed by atoms with Crippen molar-refractivity contribution in [3.8, 4) is 11.3 Å². The Hall–Kier alpha value is -2.56. The summed E-state index contributed by atoms with van der Waals surface area (Å²) in [6.45, 7) is 0. The first kappa shape index (κ1) is 16.3. The zero-order valence-electron chi connectivity index (χ0n) is 12.3. The van der Waals surface area contributed by atoms with Gasteiger partial charge >= 0.3 is 0 Å². The summed E-state index contributed by atoms with van der Waals surface area (Å²) in [4.78, 5) is 10.9. The van der Waals surface area contributed by atoms with Crippen LogP contribution in [0.1, 0.15) is 11.3 Å². The second-order valence-corrected chi connectivity index (χ2v) is 5.82. The number of rotatable bonds is 4. The molecule has 0 aliphatic carbocycles. The molecule has 0 bridgehead atoms. The van der Waals surface area contributed by atoms with Gasteiger partial charge in [-0.05, 0) is 42.5 Å². The van der Waals surface area contributed by atoms with E-state index in [1.54, 1.807) is 60.7 Å². The number of nitro groups is 1. The zero-order chi connectivity index (χ0) is 17.1. The first-order valence-electron chi connectivity index (χ1n) is 7.01. The van der Waals surface area contributed by atoms with Crippen molar-refractivity contribution in [2.75, 3.05) is 0 Å². The van der Waals surface area contributed by atoms with Gasteiger partial charge < -0.3 is 4.42 Å². The van der Waals surface area contributed by atoms with Crippen molar-refractivity contribution < 1.29 is 9.34 Å². The third kappa shape index (κ3) is 3.50. The summed E-state index contributed by atoms with van der Waals surface area (Å²) in [5, 5.41) is 12.3. The molecule has 24 heavy (non-hydrogen) atoms. The molecular formula is C18H11Cl2NO3. The minimum Gasteiger partial charge on any atom is -0.456 e. The summed E-state index contributed by atoms with van der Waals surface area (Å²) in [6, 6.07) is 17.1. The molecule has 120 valence electrons. The number of benzene rings is 2. The first-order chi connectivity index (χ1) is 11.5. The summed E-state index contributed by atoms with van der Waals surface area (Å²) in [5.74, 6) is 0.880. The molecule has 1 heterocycles. The number of hydrogen-bond donors (Lipinski definition) is 0. The SMILES string of the molecule is O=[N+]([O-])C(=Cc1ccc(-c2ccc(Cl)cc2Cl)o1)c1ccccc1. The molecule has 1 aromatic heterocycles. The lowest BCUT2D eigenvalue weighted by Crippen LogP contribution is -1.97. The molecule has 0 saturated heterocycles. The number of nitrogens with zero attached hydrogens (tertiary/aromatic N) is 1. The van der Waals surface area contributed by atoms with Crippen molar-refractivity contribution >= 4 is 35.0 Å². The normalized spacial score (nSPS) is 11.5. The van der Waals surface area contributed by atoms with Gasteiger partial charge in [-0.1, -0.05) is 41.4 Å². The second kappa shape index (κ2) is 6.91. The molecule has 4 nitrogen and oxygen atoms in total. The Labute approximate surface area is 148 Å². The van der Waals surface area contributed by atoms with Gasteiger partial charge in [0.2, 0.25) is 0 Å². The molecule has 0 aliphatic heterocycles. The Kier molecular flexibility index (Phi) is 4.69. The average Bonchev–Trinajstić information content (AvgIpc) is 3.01. The van der Waals surface area contributed by atoms with E-state index in [1.807, 2.05) is 0 Å². The van der Waals surface area contributed by atoms with E-state index in [-0.39, 0.29) is 5.70 Å². The Morgan fingerprint density at radius 1 is 1.04 bits per heavy atom. The molecule has 0 saturated carbocycles. The highest BCUT2D eigenvalue weighted by molar-refractivity contribution is 6.36. The summed E-state index contributed by atoms with van der Waals surface area (Å²) >= 11 is 12.0. The summed E-state index contributed by atoms with van der Waals surface area (Å²) in [7, 11) is 0. The molecule has 6 heteroatoms. The van der Waals surface area contributed by atoms with Crippen molar-refractivity contribution in [2.45, 2.75) is 0 Å². The molecule has 3 aromatic rings. The van der Waals surface area contributed by atoms with Crippen LogP contribution in [-0.2, 0) is 0 Å². The van der Waals surface area contributed by atoms with Crippen molar-refractivity contribution in [1.82, 2.24) is 0 Å². The fourth-order valence-corrected chi connectivity index (χ4v) is 2.75. The molecule has 0 fully saturated rings. The lowest BCUT2D eigenvalue weighted by Gasteiger charge is -2.01. The highest BCUT2D eigenvalue weighted by Crippen LogP contribution is 2.32. The lowest BCUT2D eigenvalue weighted by atomic mass is 10.1. The number of halogens is 2. The molecule has 0 radical (unpaired) electrons. The molecule has 0 unspecified atom stereocenters. The standard InChI is InChI=1S/C18H11Cl2NO3/c19-13-6-8-15(16(20)10-13)18-9-7-14(24-18)11-17(21(22)23)12-4-2-1-3-5-12/h1-11H. The Morgan fingerprint density at radius 2 is 1.79 bits per heavy atom. The number of hydrogen-bond acceptors (Lipinski definition) is 3. The van der Waals surface area contributed by atoms with Crippen molar-refractivity contribution in [3.63, 3.8) is 0 Å². The van der Waals surface area contributed by atoms with Crippen LogP contribution in [0.25, 0.3) is 23.1 Å². The summed E-state index contributed by atoms with van der Waals surface area (Å²) < 4.78 is 5.68. The van der Waals surface area contributed by atoms with Crippen LogP contribution in [0.3, 0.4) is 0 Å². The molecular weight excluding hydrogens is 349 g/mol. The minimum absolute atomic E-state index is 0.0429. The van der Waals surface area contributed by atoms with Gasteiger partial charge in [0.15, 0.2) is 0 Å². The monoisotopic (exact) mass is 359 g/mol. The van der Waals surface area contributed by atoms with Gasteiger partial charge in [0, 0.05) is 10.6 Å². The predicted molar refractivity (Wildman–Crippen MR) is 95.5 cm³/mol. The van der Waals surface area contributed by atoms with Crippen LogP contribution in [-0.4, -0.2) is 4.92 Å². The van der Waals surface area contributed by atoms with E-state index in [1.165, 1.54) is 6.08 Å². The average molecular weight is 360 g/mol. The van der Waals surface area contributed by atoms with E-state index in [0.717, 1.165) is 0 Å². The third-order valence-corrected chi connectivity index (χ3v) is 3.92. The number of furan rings is 1. The van der Waals surface area contributed by atoms with Crippen LogP contribution in [0.2, 0.25) is 10.0 Å². The molecule has 0 spiro atoms. The van der Waals surface area contributed by atoms with E-state index in [9.17, 15) is 10.1 Å². The van der Waals surface area contributed by atoms with E-state index >= 15 is 0 Å². The Morgan fingerprint density at radius 3 is 2.46 bits per heavy atom. The summed E-state index contributed by atoms with van der Waals surface area (Å²) in [5.41, 5.74) is 1.13. The zero-order valence-corrected chi connectivity index (χ0v) is 13.8. The van der Waals surface area contributed by atoms with Gasteiger partial charge in [0.1, 0.15) is 11.5 Å².